The molecule has 1 aromatic carbocycles. The average Bonchev–Trinajstić information content (AvgIpc) is 2.30. The Bertz CT molecular complexity index is 388. The van der Waals surface area contributed by atoms with Crippen LogP contribution in [0.25, 0.3) is 0 Å². The molecule has 2 rings (SSSR count). The third-order valence-corrected chi connectivity index (χ3v) is 3.12. The van der Waals surface area contributed by atoms with Crippen LogP contribution in [0.2, 0.25) is 0 Å². The number of ketones is 1. The highest BCUT2D eigenvalue weighted by atomic mass is 35.5. The van der Waals surface area contributed by atoms with Crippen molar-refractivity contribution in [1.82, 2.24) is 5.32 Å². The summed E-state index contributed by atoms with van der Waals surface area (Å²) in [6.45, 7) is 0. The number of carbonyl (C=O) groups excluding carboxylic acids is 1. The molecule has 0 radical (unpaired) electrons. The first-order chi connectivity index (χ1) is 7.27. The molecule has 0 saturated heterocycles. The average molecular weight is 222 g/mol. The smallest absolute Gasteiger partial charge is 0.159 e. The molecule has 0 bridgehead atoms. The number of carbonyl (C=O) groups is 1. The molecule has 15 heavy (non-hydrogen) atoms. The number of nitrogens with one attached hydrogen (secondary N) is 1. The van der Waals surface area contributed by atoms with Gasteiger partial charge in [0.2, 0.25) is 0 Å². The number of benzene rings is 1. The van der Waals surface area contributed by atoms with E-state index in [1.165, 1.54) is 0 Å². The molecule has 1 N–H and O–H groups in total. The summed E-state index contributed by atoms with van der Waals surface area (Å²) in [5.41, 5.74) is 0.618. The summed E-state index contributed by atoms with van der Waals surface area (Å²) in [5.74, 6) is 0.492. The van der Waals surface area contributed by atoms with Crippen LogP contribution in [0.15, 0.2) is 42.6 Å². The van der Waals surface area contributed by atoms with Crippen molar-refractivity contribution in [2.45, 2.75) is 12.0 Å². The number of hydrogen-bond acceptors (Lipinski definition) is 2. The predicted molar refractivity (Wildman–Crippen MR) is 60.7 cm³/mol. The van der Waals surface area contributed by atoms with E-state index in [4.69, 9.17) is 11.6 Å². The molecule has 1 aliphatic rings. The van der Waals surface area contributed by atoms with Gasteiger partial charge < -0.3 is 5.32 Å². The van der Waals surface area contributed by atoms with Crippen molar-refractivity contribution in [2.75, 3.05) is 5.88 Å². The lowest BCUT2D eigenvalue weighted by Gasteiger charge is -2.34. The molecule has 0 fully saturated rings. The van der Waals surface area contributed by atoms with Gasteiger partial charge in [-0.2, -0.15) is 0 Å². The standard InChI is InChI=1S/C12H12ClNO/c13-9-12(8-11(15)6-7-14-12)10-4-2-1-3-5-10/h1-7,14H,8-9H2. The maximum Gasteiger partial charge on any atom is 0.159 e. The van der Waals surface area contributed by atoms with Crippen molar-refractivity contribution in [3.63, 3.8) is 0 Å². The summed E-state index contributed by atoms with van der Waals surface area (Å²) in [6, 6.07) is 9.83. The van der Waals surface area contributed by atoms with E-state index in [-0.39, 0.29) is 5.78 Å². The molecular formula is C12H12ClNO. The normalized spacial score (nSPS) is 25.0. The Morgan fingerprint density at radius 2 is 2.07 bits per heavy atom. The lowest BCUT2D eigenvalue weighted by atomic mass is 9.85. The molecule has 1 aromatic rings. The lowest BCUT2D eigenvalue weighted by Crippen LogP contribution is -2.45. The molecule has 1 atom stereocenters. The van der Waals surface area contributed by atoms with Gasteiger partial charge >= 0.3 is 0 Å². The van der Waals surface area contributed by atoms with Crippen LogP contribution in [0.4, 0.5) is 0 Å². The maximum absolute atomic E-state index is 11.4. The second kappa shape index (κ2) is 4.07. The fraction of sp³-hybridized carbons (Fsp3) is 0.250. The van der Waals surface area contributed by atoms with Crippen LogP contribution in [0, 0.1) is 0 Å². The van der Waals surface area contributed by atoms with Gasteiger partial charge in [-0.05, 0) is 11.6 Å². The Balaban J connectivity index is 2.38. The van der Waals surface area contributed by atoms with Crippen LogP contribution in [0.5, 0.6) is 0 Å². The summed E-state index contributed by atoms with van der Waals surface area (Å²) >= 11 is 5.99. The molecule has 78 valence electrons. The number of hydrogen-bond donors (Lipinski definition) is 1. The van der Waals surface area contributed by atoms with Gasteiger partial charge in [0, 0.05) is 12.6 Å². The number of rotatable bonds is 2. The molecule has 0 spiro atoms. The summed E-state index contributed by atoms with van der Waals surface area (Å²) in [4.78, 5) is 11.4. The van der Waals surface area contributed by atoms with Gasteiger partial charge in [-0.25, -0.2) is 0 Å². The van der Waals surface area contributed by atoms with E-state index in [2.05, 4.69) is 5.32 Å². The first-order valence-corrected chi connectivity index (χ1v) is 5.39. The molecule has 1 unspecified atom stereocenters. The Labute approximate surface area is 93.9 Å². The monoisotopic (exact) mass is 221 g/mol. The van der Waals surface area contributed by atoms with E-state index in [1.54, 1.807) is 12.3 Å². The second-order valence-electron chi connectivity index (χ2n) is 3.70. The van der Waals surface area contributed by atoms with Gasteiger partial charge in [0.25, 0.3) is 0 Å². The van der Waals surface area contributed by atoms with Gasteiger partial charge in [-0.1, -0.05) is 30.3 Å². The van der Waals surface area contributed by atoms with Crippen molar-refractivity contribution >= 4 is 17.4 Å². The fourth-order valence-electron chi connectivity index (χ4n) is 1.81. The quantitative estimate of drug-likeness (QED) is 0.776. The van der Waals surface area contributed by atoms with E-state index in [1.807, 2.05) is 30.3 Å². The van der Waals surface area contributed by atoms with Crippen molar-refractivity contribution < 1.29 is 4.79 Å². The molecule has 0 saturated carbocycles. The highest BCUT2D eigenvalue weighted by Gasteiger charge is 2.34. The zero-order valence-electron chi connectivity index (χ0n) is 8.24. The van der Waals surface area contributed by atoms with E-state index >= 15 is 0 Å². The number of alkyl halides is 1. The molecule has 3 heteroatoms. The largest absolute Gasteiger partial charge is 0.380 e. The van der Waals surface area contributed by atoms with Crippen LogP contribution >= 0.6 is 11.6 Å². The molecule has 0 aliphatic carbocycles. The Hall–Kier alpha value is -1.28. The first kappa shape index (κ1) is 10.2. The number of allylic oxidation sites excluding steroid dienone is 1. The van der Waals surface area contributed by atoms with Crippen molar-refractivity contribution in [3.8, 4) is 0 Å². The lowest BCUT2D eigenvalue weighted by molar-refractivity contribution is -0.116. The van der Waals surface area contributed by atoms with Crippen LogP contribution in [-0.2, 0) is 10.3 Å². The molecule has 1 aliphatic heterocycles. The van der Waals surface area contributed by atoms with Gasteiger partial charge in [0.05, 0.1) is 11.4 Å². The summed E-state index contributed by atoms with van der Waals surface area (Å²) in [7, 11) is 0. The number of halogens is 1. The fourth-order valence-corrected chi connectivity index (χ4v) is 2.13. The second-order valence-corrected chi connectivity index (χ2v) is 3.97. The first-order valence-electron chi connectivity index (χ1n) is 4.85. The minimum atomic E-state index is -0.436. The van der Waals surface area contributed by atoms with Crippen molar-refractivity contribution in [2.24, 2.45) is 0 Å². The topological polar surface area (TPSA) is 29.1 Å². The summed E-state index contributed by atoms with van der Waals surface area (Å²) < 4.78 is 0. The van der Waals surface area contributed by atoms with Gasteiger partial charge in [-0.15, -0.1) is 11.6 Å². The van der Waals surface area contributed by atoms with Crippen LogP contribution in [0.3, 0.4) is 0 Å². The SMILES string of the molecule is O=C1C=CNC(CCl)(c2ccccc2)C1. The highest BCUT2D eigenvalue weighted by Crippen LogP contribution is 2.29. The molecule has 1 heterocycles. The molecular weight excluding hydrogens is 210 g/mol. The Morgan fingerprint density at radius 3 is 2.67 bits per heavy atom. The minimum absolute atomic E-state index is 0.109. The van der Waals surface area contributed by atoms with E-state index in [0.29, 0.717) is 12.3 Å². The summed E-state index contributed by atoms with van der Waals surface area (Å²) in [5, 5.41) is 3.20. The third kappa shape index (κ3) is 1.90. The minimum Gasteiger partial charge on any atom is -0.380 e. The van der Waals surface area contributed by atoms with Crippen LogP contribution in [0.1, 0.15) is 12.0 Å². The molecule has 0 amide bonds. The van der Waals surface area contributed by atoms with Gasteiger partial charge in [0.1, 0.15) is 0 Å². The Kier molecular flexibility index (Phi) is 2.78. The van der Waals surface area contributed by atoms with Crippen LogP contribution < -0.4 is 5.32 Å². The third-order valence-electron chi connectivity index (χ3n) is 2.66. The molecule has 2 nitrogen and oxygen atoms in total. The van der Waals surface area contributed by atoms with Crippen molar-refractivity contribution in [3.05, 3.63) is 48.2 Å². The van der Waals surface area contributed by atoms with E-state index < -0.39 is 5.54 Å². The van der Waals surface area contributed by atoms with Gasteiger partial charge in [0.15, 0.2) is 5.78 Å². The van der Waals surface area contributed by atoms with E-state index in [9.17, 15) is 4.79 Å². The highest BCUT2D eigenvalue weighted by molar-refractivity contribution is 6.19. The van der Waals surface area contributed by atoms with Gasteiger partial charge in [-0.3, -0.25) is 4.79 Å². The summed E-state index contributed by atoms with van der Waals surface area (Å²) in [6.07, 6.45) is 3.64. The van der Waals surface area contributed by atoms with Crippen molar-refractivity contribution in [1.29, 1.82) is 0 Å². The zero-order valence-corrected chi connectivity index (χ0v) is 9.00. The van der Waals surface area contributed by atoms with Crippen LogP contribution in [-0.4, -0.2) is 11.7 Å². The molecule has 0 aromatic heterocycles. The van der Waals surface area contributed by atoms with E-state index in [0.717, 1.165) is 5.56 Å². The predicted octanol–water partition coefficient (Wildman–Crippen LogP) is 2.20. The zero-order chi connectivity index (χ0) is 10.7. The Morgan fingerprint density at radius 1 is 1.33 bits per heavy atom. The maximum atomic E-state index is 11.4.